The SMILES string of the molecule is COc1ccccc1N1CC(NC(=O)Cn2ccnc2C)CC1=O. The van der Waals surface area contributed by atoms with Crippen molar-refractivity contribution >= 4 is 17.5 Å². The van der Waals surface area contributed by atoms with Crippen molar-refractivity contribution in [3.63, 3.8) is 0 Å². The van der Waals surface area contributed by atoms with Crippen LogP contribution in [0.4, 0.5) is 5.69 Å². The molecule has 0 spiro atoms. The number of hydrogen-bond acceptors (Lipinski definition) is 4. The van der Waals surface area contributed by atoms with Crippen LogP contribution in [-0.4, -0.2) is 41.1 Å². The number of carbonyl (C=O) groups excluding carboxylic acids is 2. The lowest BCUT2D eigenvalue weighted by molar-refractivity contribution is -0.122. The first-order valence-corrected chi connectivity index (χ1v) is 7.79. The van der Waals surface area contributed by atoms with Gasteiger partial charge in [-0.25, -0.2) is 4.98 Å². The maximum absolute atomic E-state index is 12.3. The van der Waals surface area contributed by atoms with E-state index in [2.05, 4.69) is 10.3 Å². The molecule has 7 nitrogen and oxygen atoms in total. The zero-order valence-corrected chi connectivity index (χ0v) is 13.7. The molecule has 1 aromatic heterocycles. The van der Waals surface area contributed by atoms with E-state index < -0.39 is 0 Å². The number of nitrogens with one attached hydrogen (secondary N) is 1. The normalized spacial score (nSPS) is 17.2. The van der Waals surface area contributed by atoms with E-state index in [4.69, 9.17) is 4.74 Å². The average molecular weight is 328 g/mol. The summed E-state index contributed by atoms with van der Waals surface area (Å²) in [6.45, 7) is 2.48. The summed E-state index contributed by atoms with van der Waals surface area (Å²) in [5.74, 6) is 1.27. The van der Waals surface area contributed by atoms with Crippen LogP contribution in [0.1, 0.15) is 12.2 Å². The van der Waals surface area contributed by atoms with Gasteiger partial charge in [0.15, 0.2) is 0 Å². The van der Waals surface area contributed by atoms with E-state index in [9.17, 15) is 9.59 Å². The minimum absolute atomic E-state index is 0.0244. The summed E-state index contributed by atoms with van der Waals surface area (Å²) in [4.78, 5) is 30.2. The van der Waals surface area contributed by atoms with Crippen molar-refractivity contribution in [2.24, 2.45) is 0 Å². The number of aromatic nitrogens is 2. The Kier molecular flexibility index (Phi) is 4.50. The number of nitrogens with zero attached hydrogens (tertiary/aromatic N) is 3. The first-order valence-electron chi connectivity index (χ1n) is 7.79. The van der Waals surface area contributed by atoms with Crippen LogP contribution in [0.25, 0.3) is 0 Å². The van der Waals surface area contributed by atoms with Crippen LogP contribution in [0.15, 0.2) is 36.7 Å². The lowest BCUT2D eigenvalue weighted by Crippen LogP contribution is -2.39. The van der Waals surface area contributed by atoms with Gasteiger partial charge in [0, 0.05) is 25.4 Å². The van der Waals surface area contributed by atoms with E-state index in [1.54, 1.807) is 29.0 Å². The van der Waals surface area contributed by atoms with E-state index in [1.807, 2.05) is 31.2 Å². The van der Waals surface area contributed by atoms with Gasteiger partial charge in [-0.3, -0.25) is 9.59 Å². The quantitative estimate of drug-likeness (QED) is 0.892. The van der Waals surface area contributed by atoms with Crippen molar-refractivity contribution in [1.82, 2.24) is 14.9 Å². The van der Waals surface area contributed by atoms with Gasteiger partial charge in [-0.05, 0) is 19.1 Å². The Balaban J connectivity index is 1.64. The Morgan fingerprint density at radius 2 is 2.21 bits per heavy atom. The molecule has 1 aliphatic heterocycles. The summed E-state index contributed by atoms with van der Waals surface area (Å²) in [5, 5.41) is 2.92. The molecular formula is C17H20N4O3. The number of imidazole rings is 1. The van der Waals surface area contributed by atoms with Crippen molar-refractivity contribution < 1.29 is 14.3 Å². The molecule has 24 heavy (non-hydrogen) atoms. The zero-order chi connectivity index (χ0) is 17.1. The number of amides is 2. The third-order valence-electron chi connectivity index (χ3n) is 4.10. The summed E-state index contributed by atoms with van der Waals surface area (Å²) in [6, 6.07) is 7.17. The molecule has 0 bridgehead atoms. The van der Waals surface area contributed by atoms with E-state index in [0.29, 0.717) is 12.3 Å². The van der Waals surface area contributed by atoms with E-state index in [-0.39, 0.29) is 30.8 Å². The summed E-state index contributed by atoms with van der Waals surface area (Å²) in [7, 11) is 1.58. The molecule has 1 aromatic carbocycles. The minimum Gasteiger partial charge on any atom is -0.495 e. The van der Waals surface area contributed by atoms with Gasteiger partial charge in [-0.1, -0.05) is 12.1 Å². The topological polar surface area (TPSA) is 76.5 Å². The molecule has 1 unspecified atom stereocenters. The Morgan fingerprint density at radius 1 is 1.42 bits per heavy atom. The minimum atomic E-state index is -0.210. The number of para-hydroxylation sites is 2. The highest BCUT2D eigenvalue weighted by molar-refractivity contribution is 5.98. The van der Waals surface area contributed by atoms with E-state index in [0.717, 1.165) is 11.5 Å². The Labute approximate surface area is 140 Å². The van der Waals surface area contributed by atoms with E-state index >= 15 is 0 Å². The predicted molar refractivity (Wildman–Crippen MR) is 88.9 cm³/mol. The molecule has 2 heterocycles. The number of carbonyl (C=O) groups is 2. The number of aryl methyl sites for hydroxylation is 1. The first-order chi connectivity index (χ1) is 11.6. The van der Waals surface area contributed by atoms with Gasteiger partial charge in [0.05, 0.1) is 18.8 Å². The monoisotopic (exact) mass is 328 g/mol. The highest BCUT2D eigenvalue weighted by atomic mass is 16.5. The molecule has 1 fully saturated rings. The third-order valence-corrected chi connectivity index (χ3v) is 4.10. The summed E-state index contributed by atoms with van der Waals surface area (Å²) in [5.41, 5.74) is 0.729. The van der Waals surface area contributed by atoms with Gasteiger partial charge in [0.1, 0.15) is 18.1 Å². The zero-order valence-electron chi connectivity index (χ0n) is 13.7. The van der Waals surface area contributed by atoms with Crippen molar-refractivity contribution in [2.75, 3.05) is 18.6 Å². The highest BCUT2D eigenvalue weighted by Crippen LogP contribution is 2.30. The number of hydrogen-bond donors (Lipinski definition) is 1. The standard InChI is InChI=1S/C17H20N4O3/c1-12-18-7-8-20(12)11-16(22)19-13-9-17(23)21(10-13)14-5-3-4-6-15(14)24-2/h3-8,13H,9-11H2,1-2H3,(H,19,22). The molecular weight excluding hydrogens is 308 g/mol. The van der Waals surface area contributed by atoms with Gasteiger partial charge in [0.2, 0.25) is 11.8 Å². The van der Waals surface area contributed by atoms with Gasteiger partial charge in [-0.2, -0.15) is 0 Å². The summed E-state index contributed by atoms with van der Waals surface area (Å²) >= 11 is 0. The average Bonchev–Trinajstić information content (AvgIpc) is 3.13. The first kappa shape index (κ1) is 16.0. The van der Waals surface area contributed by atoms with Crippen LogP contribution < -0.4 is 15.0 Å². The summed E-state index contributed by atoms with van der Waals surface area (Å²) in [6.07, 6.45) is 3.70. The maximum atomic E-state index is 12.3. The molecule has 0 radical (unpaired) electrons. The fraction of sp³-hybridized carbons (Fsp3) is 0.353. The molecule has 1 saturated heterocycles. The molecule has 0 aliphatic carbocycles. The van der Waals surface area contributed by atoms with Crippen LogP contribution in [0.5, 0.6) is 5.75 Å². The van der Waals surface area contributed by atoms with Crippen LogP contribution in [0.3, 0.4) is 0 Å². The molecule has 7 heteroatoms. The largest absolute Gasteiger partial charge is 0.495 e. The molecule has 126 valence electrons. The van der Waals surface area contributed by atoms with Crippen molar-refractivity contribution in [3.05, 3.63) is 42.5 Å². The second-order valence-electron chi connectivity index (χ2n) is 5.75. The van der Waals surface area contributed by atoms with Gasteiger partial charge >= 0.3 is 0 Å². The van der Waals surface area contributed by atoms with Crippen molar-refractivity contribution in [2.45, 2.75) is 25.9 Å². The third kappa shape index (κ3) is 3.24. The van der Waals surface area contributed by atoms with Gasteiger partial charge < -0.3 is 19.5 Å². The molecule has 2 aromatic rings. The van der Waals surface area contributed by atoms with Crippen molar-refractivity contribution in [3.8, 4) is 5.75 Å². The van der Waals surface area contributed by atoms with Crippen molar-refractivity contribution in [1.29, 1.82) is 0 Å². The lowest BCUT2D eigenvalue weighted by Gasteiger charge is -2.19. The Bertz CT molecular complexity index is 756. The molecule has 0 saturated carbocycles. The molecule has 3 rings (SSSR count). The second-order valence-corrected chi connectivity index (χ2v) is 5.75. The maximum Gasteiger partial charge on any atom is 0.240 e. The van der Waals surface area contributed by atoms with Gasteiger partial charge in [0.25, 0.3) is 0 Å². The molecule has 1 N–H and O–H groups in total. The number of benzene rings is 1. The molecule has 1 atom stereocenters. The fourth-order valence-electron chi connectivity index (χ4n) is 2.89. The number of anilines is 1. The van der Waals surface area contributed by atoms with Crippen LogP contribution in [0.2, 0.25) is 0 Å². The number of rotatable bonds is 5. The smallest absolute Gasteiger partial charge is 0.240 e. The summed E-state index contributed by atoms with van der Waals surface area (Å²) < 4.78 is 7.08. The van der Waals surface area contributed by atoms with Crippen LogP contribution in [0, 0.1) is 6.92 Å². The predicted octanol–water partition coefficient (Wildman–Crippen LogP) is 1.12. The highest BCUT2D eigenvalue weighted by Gasteiger charge is 2.32. The molecule has 1 aliphatic rings. The van der Waals surface area contributed by atoms with E-state index in [1.165, 1.54) is 0 Å². The number of methoxy groups -OCH3 is 1. The number of ether oxygens (including phenoxy) is 1. The molecule has 2 amide bonds. The van der Waals surface area contributed by atoms with Crippen LogP contribution >= 0.6 is 0 Å². The van der Waals surface area contributed by atoms with Gasteiger partial charge in [-0.15, -0.1) is 0 Å². The Hall–Kier alpha value is -2.83. The second kappa shape index (κ2) is 6.74. The fourth-order valence-corrected chi connectivity index (χ4v) is 2.89. The Morgan fingerprint density at radius 3 is 2.92 bits per heavy atom. The van der Waals surface area contributed by atoms with Crippen LogP contribution in [-0.2, 0) is 16.1 Å². The lowest BCUT2D eigenvalue weighted by atomic mass is 10.2.